The fourth-order valence-electron chi connectivity index (χ4n) is 4.62. The highest BCUT2D eigenvalue weighted by Crippen LogP contribution is 2.37. The zero-order chi connectivity index (χ0) is 24.5. The van der Waals surface area contributed by atoms with Crippen LogP contribution in [0.5, 0.6) is 0 Å². The van der Waals surface area contributed by atoms with Gasteiger partial charge in [-0.2, -0.15) is 0 Å². The molecule has 7 heteroatoms. The van der Waals surface area contributed by atoms with Crippen LogP contribution in [0.2, 0.25) is 0 Å². The Morgan fingerprint density at radius 1 is 1.06 bits per heavy atom. The van der Waals surface area contributed by atoms with Gasteiger partial charge in [0, 0.05) is 19.2 Å². The molecule has 1 aliphatic rings. The zero-order valence-corrected chi connectivity index (χ0v) is 21.2. The summed E-state index contributed by atoms with van der Waals surface area (Å²) in [6.45, 7) is 9.36. The number of hydrogen-bond donors (Lipinski definition) is 0. The molecule has 6 nitrogen and oxygen atoms in total. The molecule has 1 N–H and O–H groups in total. The number of aromatic amines is 1. The minimum atomic E-state index is -3.77. The van der Waals surface area contributed by atoms with Gasteiger partial charge < -0.3 is 9.64 Å². The lowest BCUT2D eigenvalue weighted by atomic mass is 9.96. The van der Waals surface area contributed by atoms with Crippen molar-refractivity contribution < 1.29 is 22.9 Å². The van der Waals surface area contributed by atoms with Crippen LogP contribution in [0.1, 0.15) is 43.4 Å². The smallest absolute Gasteiger partial charge is 0.309 e. The highest BCUT2D eigenvalue weighted by molar-refractivity contribution is 7.91. The van der Waals surface area contributed by atoms with Gasteiger partial charge in [-0.1, -0.05) is 19.1 Å². The van der Waals surface area contributed by atoms with Gasteiger partial charge in [-0.25, -0.2) is 13.4 Å². The number of aromatic nitrogens is 1. The molecule has 3 aromatic rings. The third-order valence-corrected chi connectivity index (χ3v) is 8.61. The van der Waals surface area contributed by atoms with E-state index in [1.165, 1.54) is 0 Å². The molecule has 1 aliphatic heterocycles. The van der Waals surface area contributed by atoms with Gasteiger partial charge in [-0.3, -0.25) is 4.79 Å². The Labute approximate surface area is 201 Å². The molecule has 0 unspecified atom stereocenters. The lowest BCUT2D eigenvalue weighted by molar-refractivity contribution is -0.347. The molecule has 1 saturated heterocycles. The van der Waals surface area contributed by atoms with Gasteiger partial charge >= 0.3 is 5.97 Å². The van der Waals surface area contributed by atoms with E-state index in [2.05, 4.69) is 28.9 Å². The van der Waals surface area contributed by atoms with Crippen molar-refractivity contribution in [2.45, 2.75) is 56.7 Å². The molecule has 180 valence electrons. The number of hydrogen-bond acceptors (Lipinski definition) is 5. The average Bonchev–Trinajstić information content (AvgIpc) is 2.84. The fourth-order valence-corrected chi connectivity index (χ4v) is 6.16. The van der Waals surface area contributed by atoms with E-state index in [1.807, 2.05) is 32.9 Å². The van der Waals surface area contributed by atoms with E-state index in [1.54, 1.807) is 18.3 Å². The van der Waals surface area contributed by atoms with E-state index < -0.39 is 9.84 Å². The van der Waals surface area contributed by atoms with Gasteiger partial charge in [0.1, 0.15) is 0 Å². The summed E-state index contributed by atoms with van der Waals surface area (Å²) in [6, 6.07) is 11.4. The van der Waals surface area contributed by atoms with Crippen LogP contribution in [0.3, 0.4) is 0 Å². The largest absolute Gasteiger partial charge is 0.466 e. The third kappa shape index (κ3) is 4.53. The summed E-state index contributed by atoms with van der Waals surface area (Å²) in [6.07, 6.45) is 3.74. The Balaban J connectivity index is 1.84. The number of piperidine rings is 1. The predicted molar refractivity (Wildman–Crippen MR) is 133 cm³/mol. The number of sulfone groups is 1. The van der Waals surface area contributed by atoms with Crippen LogP contribution >= 0.6 is 0 Å². The van der Waals surface area contributed by atoms with E-state index in [-0.39, 0.29) is 21.7 Å². The molecule has 1 fully saturated rings. The van der Waals surface area contributed by atoms with Crippen molar-refractivity contribution in [3.63, 3.8) is 0 Å². The highest BCUT2D eigenvalue weighted by atomic mass is 32.2. The topological polar surface area (TPSA) is 77.8 Å². The minimum Gasteiger partial charge on any atom is -0.466 e. The summed E-state index contributed by atoms with van der Waals surface area (Å²) in [7, 11) is -3.77. The van der Waals surface area contributed by atoms with Crippen LogP contribution in [-0.4, -0.2) is 34.1 Å². The second-order valence-corrected chi connectivity index (χ2v) is 10.9. The second kappa shape index (κ2) is 9.74. The Bertz CT molecular complexity index is 1330. The number of esters is 1. The third-order valence-electron chi connectivity index (χ3n) is 6.85. The lowest BCUT2D eigenvalue weighted by Crippen LogP contribution is -2.38. The minimum absolute atomic E-state index is 0.149. The first kappa shape index (κ1) is 24.2. The van der Waals surface area contributed by atoms with E-state index >= 15 is 0 Å². The summed E-state index contributed by atoms with van der Waals surface area (Å²) in [5.41, 5.74) is 4.74. The van der Waals surface area contributed by atoms with Gasteiger partial charge in [0.15, 0.2) is 11.1 Å². The first-order valence-corrected chi connectivity index (χ1v) is 13.5. The van der Waals surface area contributed by atoms with Crippen molar-refractivity contribution >= 4 is 32.4 Å². The summed E-state index contributed by atoms with van der Waals surface area (Å²) in [4.78, 5) is 18.2. The van der Waals surface area contributed by atoms with Crippen LogP contribution in [0.25, 0.3) is 10.9 Å². The summed E-state index contributed by atoms with van der Waals surface area (Å²) >= 11 is 0. The molecule has 1 aromatic heterocycles. The van der Waals surface area contributed by atoms with Crippen molar-refractivity contribution in [2.75, 3.05) is 24.6 Å². The standard InChI is InChI=1S/C27H32N2O4S/c1-5-20-8-10-24-23(16-20)26(29-13-11-21(12-14-29)27(30)33-6-2)25(17-28-24)34(31,32)22-9-7-18(3)19(4)15-22/h7-10,15-17,21H,5-6,11-14H2,1-4H3/p+1. The molecular weight excluding hydrogens is 448 g/mol. The number of aryl methyl sites for hydroxylation is 3. The van der Waals surface area contributed by atoms with Gasteiger partial charge in [-0.05, 0) is 74.9 Å². The molecule has 0 saturated carbocycles. The van der Waals surface area contributed by atoms with Crippen molar-refractivity contribution in [3.8, 4) is 0 Å². The maximum Gasteiger partial charge on any atom is 0.309 e. The fraction of sp³-hybridized carbons (Fsp3) is 0.407. The van der Waals surface area contributed by atoms with Gasteiger partial charge in [0.05, 0.1) is 28.5 Å². The van der Waals surface area contributed by atoms with Crippen molar-refractivity contribution in [3.05, 3.63) is 59.3 Å². The number of nitrogens with zero attached hydrogens (tertiary/aromatic N) is 1. The number of H-pyrrole nitrogens is 1. The predicted octanol–water partition coefficient (Wildman–Crippen LogP) is 4.45. The highest BCUT2D eigenvalue weighted by Gasteiger charge is 2.33. The van der Waals surface area contributed by atoms with Crippen LogP contribution < -0.4 is 9.88 Å². The van der Waals surface area contributed by atoms with E-state index in [9.17, 15) is 13.2 Å². The molecule has 0 aliphatic carbocycles. The molecule has 0 bridgehead atoms. The Morgan fingerprint density at radius 2 is 1.79 bits per heavy atom. The summed E-state index contributed by atoms with van der Waals surface area (Å²) in [5, 5.41) is 0.888. The quantitative estimate of drug-likeness (QED) is 0.486. The van der Waals surface area contributed by atoms with E-state index in [0.717, 1.165) is 34.0 Å². The second-order valence-electron chi connectivity index (χ2n) is 9.00. The molecule has 0 atom stereocenters. The first-order chi connectivity index (χ1) is 16.3. The first-order valence-electron chi connectivity index (χ1n) is 12.0. The maximum absolute atomic E-state index is 13.9. The molecule has 4 rings (SSSR count). The number of carbonyl (C=O) groups is 1. The Kier molecular flexibility index (Phi) is 6.94. The molecular formula is C27H33N2O4S+. The van der Waals surface area contributed by atoms with Crippen LogP contribution in [-0.2, 0) is 25.8 Å². The van der Waals surface area contributed by atoms with Gasteiger partial charge in [0.2, 0.25) is 15.4 Å². The number of fused-ring (bicyclic) bond motifs is 1. The normalized spacial score (nSPS) is 15.0. The lowest BCUT2D eigenvalue weighted by Gasteiger charge is -2.33. The maximum atomic E-state index is 13.9. The molecule has 0 amide bonds. The number of pyridine rings is 1. The molecule has 0 radical (unpaired) electrons. The SMILES string of the molecule is CCOC(=O)C1CCN(c2c(S(=O)(=O)c3ccc(C)c(C)c3)c[nH+]c3ccc(CC)cc23)CC1. The monoisotopic (exact) mass is 481 g/mol. The van der Waals surface area contributed by atoms with Gasteiger partial charge in [-0.15, -0.1) is 0 Å². The number of benzene rings is 2. The molecule has 0 spiro atoms. The van der Waals surface area contributed by atoms with Crippen LogP contribution in [0, 0.1) is 19.8 Å². The van der Waals surface area contributed by atoms with Crippen molar-refractivity contribution in [2.24, 2.45) is 5.92 Å². The van der Waals surface area contributed by atoms with Crippen LogP contribution in [0.4, 0.5) is 5.69 Å². The van der Waals surface area contributed by atoms with Crippen molar-refractivity contribution in [1.29, 1.82) is 0 Å². The van der Waals surface area contributed by atoms with Crippen molar-refractivity contribution in [1.82, 2.24) is 0 Å². The van der Waals surface area contributed by atoms with E-state index in [4.69, 9.17) is 4.74 Å². The number of rotatable bonds is 6. The molecule has 2 heterocycles. The number of ether oxygens (including phenoxy) is 1. The summed E-state index contributed by atoms with van der Waals surface area (Å²) in [5.74, 6) is -0.312. The number of carbonyl (C=O) groups excluding carboxylic acids is 1. The Morgan fingerprint density at radius 3 is 2.44 bits per heavy atom. The molecule has 34 heavy (non-hydrogen) atoms. The van der Waals surface area contributed by atoms with Crippen LogP contribution in [0.15, 0.2) is 52.4 Å². The number of nitrogens with one attached hydrogen (secondary N) is 1. The van der Waals surface area contributed by atoms with E-state index in [0.29, 0.717) is 38.2 Å². The molecule has 2 aromatic carbocycles. The van der Waals surface area contributed by atoms with Gasteiger partial charge in [0.25, 0.3) is 0 Å². The zero-order valence-electron chi connectivity index (χ0n) is 20.3. The Hall–Kier alpha value is -2.93. The number of anilines is 1. The average molecular weight is 482 g/mol. The summed E-state index contributed by atoms with van der Waals surface area (Å²) < 4.78 is 33.0.